The highest BCUT2D eigenvalue weighted by atomic mass is 31.2. The van der Waals surface area contributed by atoms with Gasteiger partial charge in [0.05, 0.1) is 13.2 Å². The lowest BCUT2D eigenvalue weighted by Gasteiger charge is -2.18. The number of carbonyl (C=O) groups is 3. The number of aliphatic hydroxyl groups is 1. The average molecular weight is 680 g/mol. The summed E-state index contributed by atoms with van der Waals surface area (Å²) in [5, 5.41) is 21.1. The van der Waals surface area contributed by atoms with E-state index in [2.05, 4.69) is 21.3 Å². The molecule has 0 radical (unpaired) electrons. The van der Waals surface area contributed by atoms with E-state index in [0.29, 0.717) is 6.42 Å². The fourth-order valence-electron chi connectivity index (χ4n) is 5.04. The van der Waals surface area contributed by atoms with Crippen LogP contribution in [0.1, 0.15) is 168 Å². The summed E-state index contributed by atoms with van der Waals surface area (Å²) >= 11 is 0. The van der Waals surface area contributed by atoms with E-state index in [1.807, 2.05) is 0 Å². The summed E-state index contributed by atoms with van der Waals surface area (Å²) in [4.78, 5) is 44.1. The standard InChI is InChI=1S/C34H66NO10P/c1-3-5-6-7-8-9-10-11-12-13-14-15-16-17-18-19-20-21-22-23-24-25-26-33(38)43-27-30(36)28-44-46(41,42)45-29-31(34(39)40)35-32(37)4-2/h30-31,36H,3-29H2,1-2H3,(H,35,37)(H,39,40)(H,41,42). The molecule has 0 bridgehead atoms. The van der Waals surface area contributed by atoms with Crippen molar-refractivity contribution in [3.63, 3.8) is 0 Å². The lowest BCUT2D eigenvalue weighted by atomic mass is 10.0. The van der Waals surface area contributed by atoms with Crippen LogP contribution in [0.25, 0.3) is 0 Å². The number of ether oxygens (including phenoxy) is 1. The van der Waals surface area contributed by atoms with Crippen LogP contribution in [0.15, 0.2) is 0 Å². The summed E-state index contributed by atoms with van der Waals surface area (Å²) in [5.74, 6) is -2.48. The molecule has 4 N–H and O–H groups in total. The molecular formula is C34H66NO10P. The minimum Gasteiger partial charge on any atom is -0.480 e. The van der Waals surface area contributed by atoms with Crippen molar-refractivity contribution in [1.29, 1.82) is 0 Å². The highest BCUT2D eigenvalue weighted by molar-refractivity contribution is 7.47. The van der Waals surface area contributed by atoms with Gasteiger partial charge in [-0.1, -0.05) is 149 Å². The van der Waals surface area contributed by atoms with Crippen LogP contribution in [-0.2, 0) is 32.7 Å². The summed E-state index contributed by atoms with van der Waals surface area (Å²) in [7, 11) is -4.71. The average Bonchev–Trinajstić information content (AvgIpc) is 3.03. The van der Waals surface area contributed by atoms with Crippen molar-refractivity contribution in [2.75, 3.05) is 19.8 Å². The number of nitrogens with one attached hydrogen (secondary N) is 1. The zero-order chi connectivity index (χ0) is 34.3. The Balaban J connectivity index is 3.58. The second-order valence-electron chi connectivity index (χ2n) is 12.4. The zero-order valence-electron chi connectivity index (χ0n) is 28.9. The molecule has 0 rings (SSSR count). The number of phosphoric ester groups is 1. The van der Waals surface area contributed by atoms with Crippen molar-refractivity contribution in [2.24, 2.45) is 0 Å². The molecule has 3 unspecified atom stereocenters. The molecule has 0 aliphatic rings. The fraction of sp³-hybridized carbons (Fsp3) is 0.912. The van der Waals surface area contributed by atoms with Crippen molar-refractivity contribution in [3.8, 4) is 0 Å². The molecule has 0 aromatic carbocycles. The second kappa shape index (κ2) is 30.8. The van der Waals surface area contributed by atoms with E-state index >= 15 is 0 Å². The first-order chi connectivity index (χ1) is 22.1. The van der Waals surface area contributed by atoms with Gasteiger partial charge in [-0.15, -0.1) is 0 Å². The van der Waals surface area contributed by atoms with Crippen molar-refractivity contribution >= 4 is 25.7 Å². The van der Waals surface area contributed by atoms with Crippen LogP contribution in [0.2, 0.25) is 0 Å². The molecule has 0 aromatic heterocycles. The summed E-state index contributed by atoms with van der Waals surface area (Å²) in [6.07, 6.45) is 27.4. The van der Waals surface area contributed by atoms with Crippen molar-refractivity contribution < 1.29 is 47.8 Å². The third-order valence-corrected chi connectivity index (χ3v) is 8.91. The molecule has 1 amide bonds. The van der Waals surface area contributed by atoms with E-state index in [1.165, 1.54) is 122 Å². The van der Waals surface area contributed by atoms with Crippen LogP contribution < -0.4 is 5.32 Å². The van der Waals surface area contributed by atoms with Gasteiger partial charge in [0.25, 0.3) is 0 Å². The first-order valence-electron chi connectivity index (χ1n) is 18.1. The number of hydrogen-bond donors (Lipinski definition) is 4. The Morgan fingerprint density at radius 1 is 0.630 bits per heavy atom. The van der Waals surface area contributed by atoms with Gasteiger partial charge in [0.2, 0.25) is 5.91 Å². The second-order valence-corrected chi connectivity index (χ2v) is 13.8. The Morgan fingerprint density at radius 2 is 1.02 bits per heavy atom. The van der Waals surface area contributed by atoms with E-state index in [0.717, 1.165) is 19.3 Å². The number of carboxylic acid groups (broad SMARTS) is 1. The lowest BCUT2D eigenvalue weighted by molar-refractivity contribution is -0.147. The van der Waals surface area contributed by atoms with Gasteiger partial charge in [0.15, 0.2) is 6.04 Å². The Morgan fingerprint density at radius 3 is 1.41 bits per heavy atom. The van der Waals surface area contributed by atoms with E-state index in [9.17, 15) is 28.9 Å². The normalized spacial score (nSPS) is 14.0. The summed E-state index contributed by atoms with van der Waals surface area (Å²) in [6, 6.07) is -1.54. The topological polar surface area (TPSA) is 169 Å². The van der Waals surface area contributed by atoms with Crippen LogP contribution in [0, 0.1) is 0 Å². The largest absolute Gasteiger partial charge is 0.480 e. The molecule has 46 heavy (non-hydrogen) atoms. The predicted molar refractivity (Wildman–Crippen MR) is 180 cm³/mol. The van der Waals surface area contributed by atoms with Crippen molar-refractivity contribution in [3.05, 3.63) is 0 Å². The van der Waals surface area contributed by atoms with Gasteiger partial charge in [-0.3, -0.25) is 18.6 Å². The Bertz CT molecular complexity index is 813. The van der Waals surface area contributed by atoms with Gasteiger partial charge in [0, 0.05) is 12.8 Å². The van der Waals surface area contributed by atoms with E-state index in [1.54, 1.807) is 0 Å². The van der Waals surface area contributed by atoms with Crippen LogP contribution in [-0.4, -0.2) is 64.9 Å². The SMILES string of the molecule is CCCCCCCCCCCCCCCCCCCCCCCCC(=O)OCC(O)COP(=O)(O)OCC(NC(=O)CC)C(=O)O. The number of carbonyl (C=O) groups excluding carboxylic acids is 2. The van der Waals surface area contributed by atoms with E-state index in [4.69, 9.17) is 9.84 Å². The van der Waals surface area contributed by atoms with Gasteiger partial charge >= 0.3 is 19.8 Å². The monoisotopic (exact) mass is 679 g/mol. The molecule has 0 fully saturated rings. The number of carboxylic acids is 1. The Kier molecular flexibility index (Phi) is 29.8. The van der Waals surface area contributed by atoms with Gasteiger partial charge in [-0.25, -0.2) is 9.36 Å². The number of esters is 1. The molecule has 12 heteroatoms. The van der Waals surface area contributed by atoms with Crippen molar-refractivity contribution in [2.45, 2.75) is 180 Å². The number of aliphatic carboxylic acids is 1. The van der Waals surface area contributed by atoms with Crippen LogP contribution >= 0.6 is 7.82 Å². The minimum atomic E-state index is -4.71. The molecule has 0 aliphatic heterocycles. The quantitative estimate of drug-likeness (QED) is 0.0297. The molecule has 0 saturated heterocycles. The highest BCUT2D eigenvalue weighted by Gasteiger charge is 2.28. The molecule has 3 atom stereocenters. The van der Waals surface area contributed by atoms with Gasteiger partial charge in [-0.2, -0.15) is 0 Å². The molecule has 0 heterocycles. The molecule has 0 aliphatic carbocycles. The molecule has 272 valence electrons. The third-order valence-electron chi connectivity index (χ3n) is 7.96. The number of amides is 1. The van der Waals surface area contributed by atoms with Gasteiger partial charge in [0.1, 0.15) is 12.7 Å². The Hall–Kier alpha value is -1.52. The number of aliphatic hydroxyl groups excluding tert-OH is 1. The predicted octanol–water partition coefficient (Wildman–Crippen LogP) is 8.00. The van der Waals surface area contributed by atoms with Crippen LogP contribution in [0.5, 0.6) is 0 Å². The van der Waals surface area contributed by atoms with E-state index in [-0.39, 0.29) is 12.8 Å². The Labute approximate surface area is 278 Å². The number of unbranched alkanes of at least 4 members (excludes halogenated alkanes) is 21. The molecular weight excluding hydrogens is 613 g/mol. The van der Waals surface area contributed by atoms with Gasteiger partial charge < -0.3 is 25.2 Å². The summed E-state index contributed by atoms with van der Waals surface area (Å²) < 4.78 is 26.2. The first-order valence-corrected chi connectivity index (χ1v) is 19.6. The number of hydrogen-bond acceptors (Lipinski definition) is 8. The summed E-state index contributed by atoms with van der Waals surface area (Å²) in [5.41, 5.74) is 0. The number of phosphoric acid groups is 1. The third kappa shape index (κ3) is 29.9. The maximum Gasteiger partial charge on any atom is 0.472 e. The number of rotatable bonds is 34. The summed E-state index contributed by atoms with van der Waals surface area (Å²) in [6.45, 7) is 1.90. The molecule has 0 saturated carbocycles. The highest BCUT2D eigenvalue weighted by Crippen LogP contribution is 2.43. The van der Waals surface area contributed by atoms with Crippen molar-refractivity contribution in [1.82, 2.24) is 5.32 Å². The fourth-order valence-corrected chi connectivity index (χ4v) is 5.82. The maximum atomic E-state index is 11.9. The van der Waals surface area contributed by atoms with E-state index < -0.39 is 57.6 Å². The molecule has 0 aromatic rings. The first kappa shape index (κ1) is 44.5. The van der Waals surface area contributed by atoms with Gasteiger partial charge in [-0.05, 0) is 6.42 Å². The minimum absolute atomic E-state index is 0.0294. The lowest BCUT2D eigenvalue weighted by Crippen LogP contribution is -2.43. The van der Waals surface area contributed by atoms with Crippen LogP contribution in [0.3, 0.4) is 0 Å². The van der Waals surface area contributed by atoms with Crippen LogP contribution in [0.4, 0.5) is 0 Å². The smallest absolute Gasteiger partial charge is 0.472 e. The molecule has 0 spiro atoms. The molecule has 11 nitrogen and oxygen atoms in total. The zero-order valence-corrected chi connectivity index (χ0v) is 29.8. The maximum absolute atomic E-state index is 11.9.